The normalized spacial score (nSPS) is 10.2. The van der Waals surface area contributed by atoms with E-state index in [-0.39, 0.29) is 12.5 Å². The Labute approximate surface area is 162 Å². The van der Waals surface area contributed by atoms with Gasteiger partial charge in [0.1, 0.15) is 5.75 Å². The average molecular weight is 377 g/mol. The summed E-state index contributed by atoms with van der Waals surface area (Å²) in [6.45, 7) is 1.99. The molecule has 0 unspecified atom stereocenters. The molecule has 6 heteroatoms. The first-order valence-electron chi connectivity index (χ1n) is 8.62. The van der Waals surface area contributed by atoms with Crippen LogP contribution in [0.5, 0.6) is 5.75 Å². The van der Waals surface area contributed by atoms with E-state index in [2.05, 4.69) is 16.4 Å². The molecule has 0 aliphatic heterocycles. The molecule has 1 aromatic heterocycles. The van der Waals surface area contributed by atoms with Gasteiger partial charge in [0.05, 0.1) is 11.6 Å². The minimum Gasteiger partial charge on any atom is -0.483 e. The number of anilines is 1. The fourth-order valence-electron chi connectivity index (χ4n) is 2.58. The molecule has 3 aromatic rings. The van der Waals surface area contributed by atoms with Crippen molar-refractivity contribution in [2.75, 3.05) is 11.9 Å². The summed E-state index contributed by atoms with van der Waals surface area (Å²) in [5.41, 5.74) is 2.81. The Kier molecular flexibility index (Phi) is 6.18. The minimum atomic E-state index is -0.236. The molecule has 5 nitrogen and oxygen atoms in total. The maximum absolute atomic E-state index is 12.1. The van der Waals surface area contributed by atoms with Gasteiger partial charge in [0.25, 0.3) is 5.91 Å². The molecular weight excluding hydrogens is 358 g/mol. The number of carbonyl (C=O) groups excluding carboxylic acids is 1. The van der Waals surface area contributed by atoms with Crippen molar-refractivity contribution in [3.05, 3.63) is 76.3 Å². The monoisotopic (exact) mass is 377 g/mol. The molecule has 1 amide bonds. The number of nitrogens with zero attached hydrogens (tertiary/aromatic N) is 2. The SMILES string of the molecule is CCc1ccccc1OCC(=O)Nc1ncc(Cc2ccc(C#N)cc2)s1. The van der Waals surface area contributed by atoms with Gasteiger partial charge in [0.15, 0.2) is 11.7 Å². The molecule has 1 N–H and O–H groups in total. The second-order valence-corrected chi connectivity index (χ2v) is 7.03. The number of hydrogen-bond acceptors (Lipinski definition) is 5. The molecule has 0 aliphatic carbocycles. The van der Waals surface area contributed by atoms with E-state index < -0.39 is 0 Å². The lowest BCUT2D eigenvalue weighted by molar-refractivity contribution is -0.118. The lowest BCUT2D eigenvalue weighted by Gasteiger charge is -2.09. The Morgan fingerprint density at radius 3 is 2.74 bits per heavy atom. The number of carbonyl (C=O) groups is 1. The molecule has 0 bridgehead atoms. The highest BCUT2D eigenvalue weighted by molar-refractivity contribution is 7.15. The lowest BCUT2D eigenvalue weighted by atomic mass is 10.1. The summed E-state index contributed by atoms with van der Waals surface area (Å²) in [4.78, 5) is 17.4. The van der Waals surface area contributed by atoms with E-state index in [1.54, 1.807) is 18.3 Å². The third-order valence-corrected chi connectivity index (χ3v) is 4.89. The van der Waals surface area contributed by atoms with Gasteiger partial charge < -0.3 is 4.74 Å². The van der Waals surface area contributed by atoms with Gasteiger partial charge in [0, 0.05) is 17.5 Å². The van der Waals surface area contributed by atoms with Crippen LogP contribution in [0.1, 0.15) is 28.5 Å². The zero-order valence-corrected chi connectivity index (χ0v) is 15.8. The molecule has 3 rings (SSSR count). The summed E-state index contributed by atoms with van der Waals surface area (Å²) < 4.78 is 5.62. The van der Waals surface area contributed by atoms with Crippen LogP contribution in [0.25, 0.3) is 0 Å². The third-order valence-electron chi connectivity index (χ3n) is 3.97. The number of aryl methyl sites for hydroxylation is 1. The van der Waals surface area contributed by atoms with E-state index in [0.29, 0.717) is 17.1 Å². The zero-order valence-electron chi connectivity index (χ0n) is 14.9. The maximum atomic E-state index is 12.1. The molecule has 136 valence electrons. The van der Waals surface area contributed by atoms with Gasteiger partial charge >= 0.3 is 0 Å². The Morgan fingerprint density at radius 2 is 2.00 bits per heavy atom. The number of ether oxygens (including phenoxy) is 1. The van der Waals surface area contributed by atoms with Crippen molar-refractivity contribution >= 4 is 22.4 Å². The van der Waals surface area contributed by atoms with Crippen LogP contribution in [-0.2, 0) is 17.6 Å². The van der Waals surface area contributed by atoms with Crippen LogP contribution in [0.15, 0.2) is 54.7 Å². The number of thiazole rings is 1. The summed E-state index contributed by atoms with van der Waals surface area (Å²) in [7, 11) is 0. The molecule has 0 aliphatic rings. The minimum absolute atomic E-state index is 0.0540. The highest BCUT2D eigenvalue weighted by Gasteiger charge is 2.09. The van der Waals surface area contributed by atoms with Gasteiger partial charge in [0.2, 0.25) is 0 Å². The first kappa shape index (κ1) is 18.6. The van der Waals surface area contributed by atoms with Crippen molar-refractivity contribution in [1.82, 2.24) is 4.98 Å². The van der Waals surface area contributed by atoms with Crippen molar-refractivity contribution < 1.29 is 9.53 Å². The van der Waals surface area contributed by atoms with Crippen LogP contribution in [0.2, 0.25) is 0 Å². The van der Waals surface area contributed by atoms with Crippen LogP contribution in [0, 0.1) is 11.3 Å². The zero-order chi connectivity index (χ0) is 19.1. The number of amides is 1. The number of para-hydroxylation sites is 1. The number of nitriles is 1. The van der Waals surface area contributed by atoms with Crippen molar-refractivity contribution in [3.8, 4) is 11.8 Å². The molecule has 0 saturated carbocycles. The Morgan fingerprint density at radius 1 is 1.22 bits per heavy atom. The van der Waals surface area contributed by atoms with Gasteiger partial charge in [-0.3, -0.25) is 10.1 Å². The predicted molar refractivity (Wildman–Crippen MR) is 106 cm³/mol. The second-order valence-electron chi connectivity index (χ2n) is 5.92. The van der Waals surface area contributed by atoms with Gasteiger partial charge in [-0.1, -0.05) is 37.3 Å². The van der Waals surface area contributed by atoms with Crippen LogP contribution in [0.3, 0.4) is 0 Å². The van der Waals surface area contributed by atoms with E-state index in [9.17, 15) is 4.79 Å². The topological polar surface area (TPSA) is 75.0 Å². The summed E-state index contributed by atoms with van der Waals surface area (Å²) in [5.74, 6) is 0.496. The standard InChI is InChI=1S/C21H19N3O2S/c1-2-17-5-3-4-6-19(17)26-14-20(25)24-21-23-13-18(27-21)11-15-7-9-16(12-22)10-8-15/h3-10,13H,2,11,14H2,1H3,(H,23,24,25). The first-order chi connectivity index (χ1) is 13.2. The van der Waals surface area contributed by atoms with Crippen molar-refractivity contribution in [2.45, 2.75) is 19.8 Å². The highest BCUT2D eigenvalue weighted by Crippen LogP contribution is 2.22. The number of aromatic nitrogens is 1. The summed E-state index contributed by atoms with van der Waals surface area (Å²) in [6, 6.07) is 17.3. The molecule has 27 heavy (non-hydrogen) atoms. The molecule has 1 heterocycles. The molecule has 0 fully saturated rings. The smallest absolute Gasteiger partial charge is 0.264 e. The van der Waals surface area contributed by atoms with Gasteiger partial charge in [-0.05, 0) is 35.7 Å². The Bertz CT molecular complexity index is 958. The second kappa shape index (κ2) is 8.97. The van der Waals surface area contributed by atoms with E-state index >= 15 is 0 Å². The van der Waals surface area contributed by atoms with E-state index in [1.807, 2.05) is 43.3 Å². The molecule has 0 spiro atoms. The van der Waals surface area contributed by atoms with Crippen molar-refractivity contribution in [3.63, 3.8) is 0 Å². The molecule has 0 saturated heterocycles. The Hall–Kier alpha value is -3.17. The molecule has 0 atom stereocenters. The van der Waals surface area contributed by atoms with Gasteiger partial charge in [-0.25, -0.2) is 4.98 Å². The average Bonchev–Trinajstić information content (AvgIpc) is 3.13. The first-order valence-corrected chi connectivity index (χ1v) is 9.44. The molecule has 2 aromatic carbocycles. The summed E-state index contributed by atoms with van der Waals surface area (Å²) in [6.07, 6.45) is 3.31. The van der Waals surface area contributed by atoms with Gasteiger partial charge in [-0.15, -0.1) is 11.3 Å². The van der Waals surface area contributed by atoms with Crippen LogP contribution < -0.4 is 10.1 Å². The van der Waals surface area contributed by atoms with Crippen LogP contribution in [-0.4, -0.2) is 17.5 Å². The van der Waals surface area contributed by atoms with Crippen LogP contribution in [0.4, 0.5) is 5.13 Å². The predicted octanol–water partition coefficient (Wildman–Crippen LogP) is 4.19. The fraction of sp³-hybridized carbons (Fsp3) is 0.190. The van der Waals surface area contributed by atoms with Crippen LogP contribution >= 0.6 is 11.3 Å². The largest absolute Gasteiger partial charge is 0.483 e. The molecular formula is C21H19N3O2S. The Balaban J connectivity index is 1.53. The summed E-state index contributed by atoms with van der Waals surface area (Å²) >= 11 is 1.43. The number of benzene rings is 2. The lowest BCUT2D eigenvalue weighted by Crippen LogP contribution is -2.20. The fourth-order valence-corrected chi connectivity index (χ4v) is 3.44. The molecule has 0 radical (unpaired) electrons. The van der Waals surface area contributed by atoms with E-state index in [0.717, 1.165) is 28.2 Å². The number of rotatable bonds is 7. The number of hydrogen-bond donors (Lipinski definition) is 1. The van der Waals surface area contributed by atoms with E-state index in [1.165, 1.54) is 11.3 Å². The number of nitrogens with one attached hydrogen (secondary N) is 1. The third kappa shape index (κ3) is 5.16. The van der Waals surface area contributed by atoms with Gasteiger partial charge in [-0.2, -0.15) is 5.26 Å². The van der Waals surface area contributed by atoms with E-state index in [4.69, 9.17) is 10.00 Å². The highest BCUT2D eigenvalue weighted by atomic mass is 32.1. The quantitative estimate of drug-likeness (QED) is 0.670. The van der Waals surface area contributed by atoms with Crippen molar-refractivity contribution in [1.29, 1.82) is 5.26 Å². The maximum Gasteiger partial charge on any atom is 0.264 e. The summed E-state index contributed by atoms with van der Waals surface area (Å²) in [5, 5.41) is 12.2. The van der Waals surface area contributed by atoms with Crippen molar-refractivity contribution in [2.24, 2.45) is 0 Å².